The fourth-order valence-corrected chi connectivity index (χ4v) is 5.88. The van der Waals surface area contributed by atoms with E-state index < -0.39 is 0 Å². The number of nitrogens with one attached hydrogen (secondary N) is 1. The van der Waals surface area contributed by atoms with Gasteiger partial charge in [-0.1, -0.05) is 43.5 Å². The van der Waals surface area contributed by atoms with Gasteiger partial charge in [-0.3, -0.25) is 9.69 Å². The van der Waals surface area contributed by atoms with E-state index in [-0.39, 0.29) is 18.0 Å². The van der Waals surface area contributed by atoms with Crippen molar-refractivity contribution in [2.75, 3.05) is 43.5 Å². The number of fused-ring (bicyclic) bond motifs is 1. The van der Waals surface area contributed by atoms with Crippen LogP contribution in [0, 0.1) is 5.92 Å². The lowest BCUT2D eigenvalue weighted by Gasteiger charge is -2.44. The molecule has 5 rings (SSSR count). The highest BCUT2D eigenvalue weighted by molar-refractivity contribution is 5.88. The molecule has 0 bridgehead atoms. The summed E-state index contributed by atoms with van der Waals surface area (Å²) in [4.78, 5) is 23.3. The average Bonchev–Trinajstić information content (AvgIpc) is 2.89. The van der Waals surface area contributed by atoms with Crippen molar-refractivity contribution in [1.82, 2.24) is 9.88 Å². The summed E-state index contributed by atoms with van der Waals surface area (Å²) in [6, 6.07) is 14.6. The minimum atomic E-state index is -0.0538. The summed E-state index contributed by atoms with van der Waals surface area (Å²) < 4.78 is 5.31. The zero-order valence-electron chi connectivity index (χ0n) is 19.7. The number of carbonyl (C=O) groups is 1. The molecule has 33 heavy (non-hydrogen) atoms. The van der Waals surface area contributed by atoms with Crippen LogP contribution in [0.15, 0.2) is 42.5 Å². The first kappa shape index (κ1) is 22.2. The van der Waals surface area contributed by atoms with E-state index in [0.717, 1.165) is 57.7 Å². The van der Waals surface area contributed by atoms with Crippen LogP contribution >= 0.6 is 0 Å². The minimum absolute atomic E-state index is 0.0538. The van der Waals surface area contributed by atoms with E-state index in [1.165, 1.54) is 30.5 Å². The third kappa shape index (κ3) is 4.86. The molecule has 0 radical (unpaired) electrons. The Hall–Kier alpha value is -2.60. The predicted molar refractivity (Wildman–Crippen MR) is 132 cm³/mol. The summed E-state index contributed by atoms with van der Waals surface area (Å²) >= 11 is 0. The summed E-state index contributed by atoms with van der Waals surface area (Å²) in [7, 11) is 1.65. The molecular formula is C27H36N4O2. The van der Waals surface area contributed by atoms with E-state index >= 15 is 0 Å². The molecular weight excluding hydrogens is 412 g/mol. The smallest absolute Gasteiger partial charge is 0.214 e. The molecule has 1 N–H and O–H groups in total. The maximum absolute atomic E-state index is 13.9. The van der Waals surface area contributed by atoms with E-state index in [9.17, 15) is 4.79 Å². The highest BCUT2D eigenvalue weighted by Gasteiger charge is 2.40. The van der Waals surface area contributed by atoms with Gasteiger partial charge in [-0.25, -0.2) is 0 Å². The highest BCUT2D eigenvalue weighted by atomic mass is 16.5. The molecule has 6 nitrogen and oxygen atoms in total. The first-order chi connectivity index (χ1) is 16.2. The van der Waals surface area contributed by atoms with Gasteiger partial charge in [0, 0.05) is 49.9 Å². The van der Waals surface area contributed by atoms with Crippen molar-refractivity contribution in [1.29, 1.82) is 0 Å². The van der Waals surface area contributed by atoms with E-state index in [1.54, 1.807) is 7.11 Å². The van der Waals surface area contributed by atoms with E-state index in [4.69, 9.17) is 4.74 Å². The van der Waals surface area contributed by atoms with Crippen LogP contribution in [0.4, 0.5) is 11.5 Å². The predicted octanol–water partition coefficient (Wildman–Crippen LogP) is 4.16. The number of para-hydroxylation sites is 1. The number of hydrogen-bond donors (Lipinski definition) is 1. The quantitative estimate of drug-likeness (QED) is 0.716. The molecule has 2 aliphatic heterocycles. The first-order valence-electron chi connectivity index (χ1n) is 12.6. The van der Waals surface area contributed by atoms with Gasteiger partial charge in [0.2, 0.25) is 5.88 Å². The third-order valence-corrected chi connectivity index (χ3v) is 7.71. The second-order valence-corrected chi connectivity index (χ2v) is 9.69. The molecule has 1 aliphatic carbocycles. The Balaban J connectivity index is 1.33. The number of Topliss-reactive ketones (excluding diaryl/α,β-unsaturated/α-hetero) is 1. The van der Waals surface area contributed by atoms with Crippen LogP contribution in [0.2, 0.25) is 0 Å². The maximum atomic E-state index is 13.9. The van der Waals surface area contributed by atoms with Crippen LogP contribution in [-0.4, -0.2) is 61.0 Å². The SMILES string of the molecule is COc1cccc(N2CCN(C(C(=O)C3CCCCC3)C3CCc4ccccc4N3)CC2)n1. The van der Waals surface area contributed by atoms with Gasteiger partial charge >= 0.3 is 0 Å². The number of nitrogens with zero attached hydrogens (tertiary/aromatic N) is 3. The molecule has 2 aromatic rings. The minimum Gasteiger partial charge on any atom is -0.481 e. The monoisotopic (exact) mass is 448 g/mol. The molecule has 6 heteroatoms. The van der Waals surface area contributed by atoms with Crippen molar-refractivity contribution in [2.45, 2.75) is 57.0 Å². The van der Waals surface area contributed by atoms with Crippen LogP contribution in [0.5, 0.6) is 5.88 Å². The van der Waals surface area contributed by atoms with Gasteiger partial charge in [-0.15, -0.1) is 0 Å². The fraction of sp³-hybridized carbons (Fsp3) is 0.556. The number of rotatable bonds is 6. The van der Waals surface area contributed by atoms with Crippen molar-refractivity contribution in [3.05, 3.63) is 48.0 Å². The molecule has 1 saturated heterocycles. The number of aryl methyl sites for hydroxylation is 1. The van der Waals surface area contributed by atoms with Crippen LogP contribution in [0.25, 0.3) is 0 Å². The summed E-state index contributed by atoms with van der Waals surface area (Å²) in [5.41, 5.74) is 2.57. The summed E-state index contributed by atoms with van der Waals surface area (Å²) in [6.07, 6.45) is 7.83. The van der Waals surface area contributed by atoms with Crippen LogP contribution in [-0.2, 0) is 11.2 Å². The Bertz CT molecular complexity index is 951. The third-order valence-electron chi connectivity index (χ3n) is 7.71. The molecule has 1 saturated carbocycles. The molecule has 1 aromatic carbocycles. The number of aromatic nitrogens is 1. The van der Waals surface area contributed by atoms with E-state index in [0.29, 0.717) is 11.7 Å². The van der Waals surface area contributed by atoms with Crippen LogP contribution < -0.4 is 15.0 Å². The average molecular weight is 449 g/mol. The molecule has 3 heterocycles. The van der Waals surface area contributed by atoms with Gasteiger partial charge in [-0.2, -0.15) is 4.98 Å². The number of ether oxygens (including phenoxy) is 1. The molecule has 3 aliphatic rings. The molecule has 2 fully saturated rings. The Kier molecular flexibility index (Phi) is 6.81. The lowest BCUT2D eigenvalue weighted by molar-refractivity contribution is -0.130. The van der Waals surface area contributed by atoms with Crippen molar-refractivity contribution in [3.63, 3.8) is 0 Å². The Labute approximate surface area is 197 Å². The Morgan fingerprint density at radius 2 is 1.79 bits per heavy atom. The van der Waals surface area contributed by atoms with Crippen molar-refractivity contribution in [2.24, 2.45) is 5.92 Å². The highest BCUT2D eigenvalue weighted by Crippen LogP contribution is 2.32. The number of piperazine rings is 1. The topological polar surface area (TPSA) is 57.7 Å². The molecule has 2 atom stereocenters. The van der Waals surface area contributed by atoms with Crippen LogP contribution in [0.1, 0.15) is 44.1 Å². The normalized spacial score (nSPS) is 22.8. The molecule has 0 amide bonds. The van der Waals surface area contributed by atoms with Gasteiger partial charge in [-0.05, 0) is 43.4 Å². The first-order valence-corrected chi connectivity index (χ1v) is 12.6. The molecule has 0 spiro atoms. The lowest BCUT2D eigenvalue weighted by atomic mass is 9.80. The second kappa shape index (κ2) is 10.1. The summed E-state index contributed by atoms with van der Waals surface area (Å²) in [6.45, 7) is 3.50. The zero-order valence-corrected chi connectivity index (χ0v) is 19.7. The summed E-state index contributed by atoms with van der Waals surface area (Å²) in [5, 5.41) is 3.77. The van der Waals surface area contributed by atoms with Gasteiger partial charge < -0.3 is 15.0 Å². The molecule has 176 valence electrons. The number of ketones is 1. The van der Waals surface area contributed by atoms with Crippen molar-refractivity contribution < 1.29 is 9.53 Å². The second-order valence-electron chi connectivity index (χ2n) is 9.69. The van der Waals surface area contributed by atoms with Gasteiger partial charge in [0.25, 0.3) is 0 Å². The number of hydrogen-bond acceptors (Lipinski definition) is 6. The molecule has 2 unspecified atom stereocenters. The van der Waals surface area contributed by atoms with E-state index in [2.05, 4.69) is 44.4 Å². The number of pyridine rings is 1. The van der Waals surface area contributed by atoms with Gasteiger partial charge in [0.05, 0.1) is 13.2 Å². The van der Waals surface area contributed by atoms with E-state index in [1.807, 2.05) is 18.2 Å². The lowest BCUT2D eigenvalue weighted by Crippen LogP contribution is -2.60. The fourth-order valence-electron chi connectivity index (χ4n) is 5.88. The standard InChI is InChI=1S/C27H36N4O2/c1-33-25-13-7-12-24(29-25)30-16-18-31(19-17-30)26(27(32)21-9-3-2-4-10-21)23-15-14-20-8-5-6-11-22(20)28-23/h5-8,11-13,21,23,26,28H,2-4,9-10,14-19H2,1H3. The maximum Gasteiger partial charge on any atom is 0.214 e. The van der Waals surface area contributed by atoms with Crippen LogP contribution in [0.3, 0.4) is 0 Å². The number of benzene rings is 1. The largest absolute Gasteiger partial charge is 0.481 e. The number of methoxy groups -OCH3 is 1. The van der Waals surface area contributed by atoms with Gasteiger partial charge in [0.1, 0.15) is 5.82 Å². The zero-order chi connectivity index (χ0) is 22.6. The van der Waals surface area contributed by atoms with Crippen molar-refractivity contribution in [3.8, 4) is 5.88 Å². The van der Waals surface area contributed by atoms with Crippen molar-refractivity contribution >= 4 is 17.3 Å². The van der Waals surface area contributed by atoms with Gasteiger partial charge in [0.15, 0.2) is 5.78 Å². The Morgan fingerprint density at radius 1 is 1.00 bits per heavy atom. The molecule has 1 aromatic heterocycles. The Morgan fingerprint density at radius 3 is 2.58 bits per heavy atom. The number of carbonyl (C=O) groups excluding carboxylic acids is 1. The number of anilines is 2. The summed E-state index contributed by atoms with van der Waals surface area (Å²) in [5.74, 6) is 2.29.